The Bertz CT molecular complexity index is 629. The fourth-order valence-corrected chi connectivity index (χ4v) is 2.93. The van der Waals surface area contributed by atoms with Crippen molar-refractivity contribution in [3.05, 3.63) is 45.6 Å². The second kappa shape index (κ2) is 10.00. The number of nitrogens with zero attached hydrogens (tertiary/aromatic N) is 1. The number of ether oxygens (including phenoxy) is 1. The second-order valence-corrected chi connectivity index (χ2v) is 6.84. The number of hydrogen-bond acceptors (Lipinski definition) is 3. The van der Waals surface area contributed by atoms with Crippen molar-refractivity contribution in [1.29, 1.82) is 0 Å². The Morgan fingerprint density at radius 2 is 1.96 bits per heavy atom. The number of halogens is 2. The summed E-state index contributed by atoms with van der Waals surface area (Å²) in [4.78, 5) is 5.52. The molecule has 0 spiro atoms. The number of guanidine groups is 1. The highest BCUT2D eigenvalue weighted by Gasteiger charge is 2.00. The van der Waals surface area contributed by atoms with Crippen molar-refractivity contribution < 1.29 is 4.74 Å². The van der Waals surface area contributed by atoms with Crippen LogP contribution in [0.15, 0.2) is 41.4 Å². The van der Waals surface area contributed by atoms with Crippen molar-refractivity contribution in [3.8, 4) is 5.75 Å². The largest absolute Gasteiger partial charge is 0.491 e. The van der Waals surface area contributed by atoms with Crippen molar-refractivity contribution in [3.63, 3.8) is 0 Å². The molecule has 3 N–H and O–H groups in total. The standard InChI is InChI=1S/C16H20ClN3OS.HI/c1-11(2)21-13-5-3-12(4-6-13)20-16(18)19-10-9-14-7-8-15(17)22-14;/h3-8,11H,9-10H2,1-2H3,(H3,18,19,20);1H. The molecule has 2 aromatic rings. The Morgan fingerprint density at radius 1 is 1.26 bits per heavy atom. The number of nitrogens with two attached hydrogens (primary N) is 1. The maximum Gasteiger partial charge on any atom is 0.193 e. The summed E-state index contributed by atoms with van der Waals surface area (Å²) in [5.41, 5.74) is 6.76. The van der Waals surface area contributed by atoms with Crippen LogP contribution in [0.3, 0.4) is 0 Å². The molecule has 0 saturated heterocycles. The first-order chi connectivity index (χ1) is 10.5. The van der Waals surface area contributed by atoms with Crippen molar-refractivity contribution in [2.75, 3.05) is 11.9 Å². The maximum atomic E-state index is 5.89. The van der Waals surface area contributed by atoms with E-state index in [0.29, 0.717) is 12.5 Å². The highest BCUT2D eigenvalue weighted by Crippen LogP contribution is 2.21. The monoisotopic (exact) mass is 465 g/mol. The van der Waals surface area contributed by atoms with Gasteiger partial charge in [0.05, 0.1) is 10.4 Å². The van der Waals surface area contributed by atoms with Crippen molar-refractivity contribution in [2.45, 2.75) is 26.4 Å². The molecular formula is C16H21ClIN3OS. The van der Waals surface area contributed by atoms with Gasteiger partial charge in [0.1, 0.15) is 5.75 Å². The Hall–Kier alpha value is -0.990. The SMILES string of the molecule is CC(C)Oc1ccc(NC(N)=NCCc2ccc(Cl)s2)cc1.I. The predicted molar refractivity (Wildman–Crippen MR) is 111 cm³/mol. The van der Waals surface area contributed by atoms with E-state index in [4.69, 9.17) is 22.1 Å². The zero-order valence-corrected chi connectivity index (χ0v) is 17.0. The van der Waals surface area contributed by atoms with Crippen LogP contribution in [0, 0.1) is 0 Å². The summed E-state index contributed by atoms with van der Waals surface area (Å²) in [5, 5.41) is 3.06. The van der Waals surface area contributed by atoms with E-state index in [9.17, 15) is 0 Å². The molecule has 0 amide bonds. The normalized spacial score (nSPS) is 11.2. The molecule has 0 aliphatic rings. The van der Waals surface area contributed by atoms with Gasteiger partial charge in [0, 0.05) is 23.5 Å². The summed E-state index contributed by atoms with van der Waals surface area (Å²) >= 11 is 7.46. The average molecular weight is 466 g/mol. The van der Waals surface area contributed by atoms with Crippen LogP contribution in [0.2, 0.25) is 4.34 Å². The summed E-state index contributed by atoms with van der Waals surface area (Å²) in [5.74, 6) is 1.24. The molecule has 4 nitrogen and oxygen atoms in total. The molecule has 0 bridgehead atoms. The molecule has 126 valence electrons. The van der Waals surface area contributed by atoms with Crippen LogP contribution < -0.4 is 15.8 Å². The first-order valence-corrected chi connectivity index (χ1v) is 8.30. The quantitative estimate of drug-likeness (QED) is 0.367. The van der Waals surface area contributed by atoms with E-state index in [2.05, 4.69) is 10.3 Å². The van der Waals surface area contributed by atoms with Crippen molar-refractivity contribution in [1.82, 2.24) is 0 Å². The van der Waals surface area contributed by atoms with E-state index < -0.39 is 0 Å². The smallest absolute Gasteiger partial charge is 0.193 e. The first kappa shape index (κ1) is 20.1. The molecule has 0 atom stereocenters. The summed E-state index contributed by atoms with van der Waals surface area (Å²) in [7, 11) is 0. The third-order valence-electron chi connectivity index (χ3n) is 2.77. The van der Waals surface area contributed by atoms with E-state index in [1.807, 2.05) is 50.2 Å². The Morgan fingerprint density at radius 3 is 2.52 bits per heavy atom. The van der Waals surface area contributed by atoms with Gasteiger partial charge in [0.2, 0.25) is 0 Å². The minimum absolute atomic E-state index is 0. The molecule has 1 aromatic carbocycles. The Kier molecular flexibility index (Phi) is 8.72. The molecule has 1 aromatic heterocycles. The maximum absolute atomic E-state index is 5.89. The molecule has 0 fully saturated rings. The summed E-state index contributed by atoms with van der Waals surface area (Å²) in [6.07, 6.45) is 0.997. The molecule has 0 aliphatic heterocycles. The lowest BCUT2D eigenvalue weighted by molar-refractivity contribution is 0.242. The number of nitrogens with one attached hydrogen (secondary N) is 1. The molecule has 0 radical (unpaired) electrons. The van der Waals surface area contributed by atoms with Gasteiger partial charge in [-0.25, -0.2) is 0 Å². The first-order valence-electron chi connectivity index (χ1n) is 7.11. The molecule has 7 heteroatoms. The number of benzene rings is 1. The highest BCUT2D eigenvalue weighted by atomic mass is 127. The van der Waals surface area contributed by atoms with E-state index in [-0.39, 0.29) is 30.1 Å². The number of aliphatic imine (C=N–C) groups is 1. The Labute approximate surface area is 163 Å². The number of rotatable bonds is 6. The molecule has 0 unspecified atom stereocenters. The van der Waals surface area contributed by atoms with E-state index in [0.717, 1.165) is 22.2 Å². The van der Waals surface area contributed by atoms with Crippen molar-refractivity contribution >= 4 is 58.6 Å². The molecule has 2 rings (SSSR count). The van der Waals surface area contributed by atoms with Gasteiger partial charge in [-0.2, -0.15) is 0 Å². The zero-order chi connectivity index (χ0) is 15.9. The van der Waals surface area contributed by atoms with Gasteiger partial charge in [0.25, 0.3) is 0 Å². The van der Waals surface area contributed by atoms with E-state index >= 15 is 0 Å². The van der Waals surface area contributed by atoms with Crippen LogP contribution in [0.5, 0.6) is 5.75 Å². The number of anilines is 1. The second-order valence-electron chi connectivity index (χ2n) is 5.04. The minimum atomic E-state index is 0. The number of thiophene rings is 1. The zero-order valence-electron chi connectivity index (χ0n) is 13.1. The third-order valence-corrected chi connectivity index (χ3v) is 4.06. The molecule has 0 saturated carbocycles. The van der Waals surface area contributed by atoms with E-state index in [1.54, 1.807) is 11.3 Å². The summed E-state index contributed by atoms with van der Waals surface area (Å²) in [6, 6.07) is 11.6. The molecular weight excluding hydrogens is 445 g/mol. The van der Waals surface area contributed by atoms with Gasteiger partial charge in [-0.05, 0) is 50.2 Å². The third kappa shape index (κ3) is 7.41. The van der Waals surface area contributed by atoms with Crippen molar-refractivity contribution in [2.24, 2.45) is 10.7 Å². The van der Waals surface area contributed by atoms with Gasteiger partial charge in [-0.3, -0.25) is 4.99 Å². The van der Waals surface area contributed by atoms with Gasteiger partial charge in [-0.15, -0.1) is 35.3 Å². The van der Waals surface area contributed by atoms with Crippen LogP contribution in [0.1, 0.15) is 18.7 Å². The summed E-state index contributed by atoms with van der Waals surface area (Å²) < 4.78 is 6.39. The Balaban J connectivity index is 0.00000264. The van der Waals surface area contributed by atoms with Gasteiger partial charge < -0.3 is 15.8 Å². The minimum Gasteiger partial charge on any atom is -0.491 e. The van der Waals surface area contributed by atoms with Gasteiger partial charge >= 0.3 is 0 Å². The van der Waals surface area contributed by atoms with Crippen LogP contribution >= 0.6 is 46.9 Å². The van der Waals surface area contributed by atoms with E-state index in [1.165, 1.54) is 4.88 Å². The topological polar surface area (TPSA) is 59.6 Å². The lowest BCUT2D eigenvalue weighted by Crippen LogP contribution is -2.23. The molecule has 23 heavy (non-hydrogen) atoms. The molecule has 0 aliphatic carbocycles. The lowest BCUT2D eigenvalue weighted by atomic mass is 10.3. The average Bonchev–Trinajstić information content (AvgIpc) is 2.86. The fourth-order valence-electron chi connectivity index (χ4n) is 1.85. The van der Waals surface area contributed by atoms with Crippen LogP contribution in [0.4, 0.5) is 5.69 Å². The predicted octanol–water partition coefficient (Wildman–Crippen LogP) is 4.78. The lowest BCUT2D eigenvalue weighted by Gasteiger charge is -2.10. The molecule has 1 heterocycles. The van der Waals surface area contributed by atoms with Crippen LogP contribution in [-0.2, 0) is 6.42 Å². The van der Waals surface area contributed by atoms with Crippen LogP contribution in [-0.4, -0.2) is 18.6 Å². The van der Waals surface area contributed by atoms with Gasteiger partial charge in [-0.1, -0.05) is 11.6 Å². The van der Waals surface area contributed by atoms with Gasteiger partial charge in [0.15, 0.2) is 5.96 Å². The van der Waals surface area contributed by atoms with Crippen LogP contribution in [0.25, 0.3) is 0 Å². The summed E-state index contributed by atoms with van der Waals surface area (Å²) in [6.45, 7) is 4.62. The fraction of sp³-hybridized carbons (Fsp3) is 0.312. The number of hydrogen-bond donors (Lipinski definition) is 2. The highest BCUT2D eigenvalue weighted by molar-refractivity contribution is 14.0.